The molecule has 3 heterocycles. The van der Waals surface area contributed by atoms with Crippen molar-refractivity contribution in [1.82, 2.24) is 19.8 Å². The summed E-state index contributed by atoms with van der Waals surface area (Å²) in [5, 5.41) is 7.40. The lowest BCUT2D eigenvalue weighted by Gasteiger charge is -2.34. The Balaban J connectivity index is 1.36. The molecule has 4 rings (SSSR count). The first-order valence-electron chi connectivity index (χ1n) is 9.84. The molecule has 1 aliphatic heterocycles. The number of benzene rings is 1. The van der Waals surface area contributed by atoms with Crippen LogP contribution >= 0.6 is 0 Å². The second kappa shape index (κ2) is 8.02. The van der Waals surface area contributed by atoms with Crippen LogP contribution in [0.5, 0.6) is 0 Å². The van der Waals surface area contributed by atoms with E-state index in [0.29, 0.717) is 6.42 Å². The third kappa shape index (κ3) is 4.02. The molecule has 146 valence electrons. The number of aromatic nitrogens is 2. The van der Waals surface area contributed by atoms with E-state index in [1.807, 2.05) is 31.3 Å². The number of piperazine rings is 1. The van der Waals surface area contributed by atoms with Gasteiger partial charge in [0.1, 0.15) is 0 Å². The fraction of sp³-hybridized carbons (Fsp3) is 0.364. The Morgan fingerprint density at radius 2 is 1.86 bits per heavy atom. The van der Waals surface area contributed by atoms with Crippen LogP contribution in [0.3, 0.4) is 0 Å². The molecular formula is C22H27N5O. The lowest BCUT2D eigenvalue weighted by Crippen LogP contribution is -2.44. The number of pyridine rings is 1. The van der Waals surface area contributed by atoms with Gasteiger partial charge in [0.2, 0.25) is 5.91 Å². The van der Waals surface area contributed by atoms with Crippen LogP contribution in [-0.4, -0.2) is 53.6 Å². The fourth-order valence-corrected chi connectivity index (χ4v) is 3.71. The molecule has 1 N–H and O–H groups in total. The standard InChI is InChI=1S/C22H27N5O/c1-17(18-6-8-20(9-7-18)26-13-11-25(2)12-14-26)24-22(28)15-19-16-23-27-10-4-3-5-21(19)27/h3-10,16-17H,11-15H2,1-2H3,(H,24,28). The van der Waals surface area contributed by atoms with Crippen LogP contribution in [0.1, 0.15) is 24.1 Å². The number of hydrogen-bond donors (Lipinski definition) is 1. The molecule has 0 spiro atoms. The summed E-state index contributed by atoms with van der Waals surface area (Å²) in [5.41, 5.74) is 4.28. The highest BCUT2D eigenvalue weighted by Gasteiger charge is 2.16. The van der Waals surface area contributed by atoms with Crippen molar-refractivity contribution in [2.24, 2.45) is 0 Å². The lowest BCUT2D eigenvalue weighted by molar-refractivity contribution is -0.121. The normalized spacial score (nSPS) is 16.3. The molecule has 0 radical (unpaired) electrons. The van der Waals surface area contributed by atoms with Crippen molar-refractivity contribution in [1.29, 1.82) is 0 Å². The first-order chi connectivity index (χ1) is 13.6. The zero-order valence-electron chi connectivity index (χ0n) is 16.5. The van der Waals surface area contributed by atoms with Crippen LogP contribution in [0.2, 0.25) is 0 Å². The van der Waals surface area contributed by atoms with E-state index in [1.54, 1.807) is 10.7 Å². The molecule has 3 aromatic rings. The van der Waals surface area contributed by atoms with Gasteiger partial charge in [0.25, 0.3) is 0 Å². The molecule has 1 unspecified atom stereocenters. The van der Waals surface area contributed by atoms with E-state index in [-0.39, 0.29) is 11.9 Å². The maximum atomic E-state index is 12.5. The Morgan fingerprint density at radius 1 is 1.11 bits per heavy atom. The monoisotopic (exact) mass is 377 g/mol. The highest BCUT2D eigenvalue weighted by Crippen LogP contribution is 2.20. The second-order valence-corrected chi connectivity index (χ2v) is 7.55. The number of likely N-dealkylation sites (N-methyl/N-ethyl adjacent to an activating group) is 1. The van der Waals surface area contributed by atoms with Crippen molar-refractivity contribution in [3.05, 3.63) is 66.0 Å². The molecule has 1 amide bonds. The molecule has 0 saturated carbocycles. The molecule has 1 aromatic carbocycles. The van der Waals surface area contributed by atoms with E-state index in [9.17, 15) is 4.79 Å². The van der Waals surface area contributed by atoms with Crippen molar-refractivity contribution >= 4 is 17.1 Å². The summed E-state index contributed by atoms with van der Waals surface area (Å²) in [7, 11) is 2.16. The van der Waals surface area contributed by atoms with Gasteiger partial charge in [-0.2, -0.15) is 5.10 Å². The predicted octanol–water partition coefficient (Wildman–Crippen LogP) is 2.51. The summed E-state index contributed by atoms with van der Waals surface area (Å²) in [6.07, 6.45) is 3.99. The maximum absolute atomic E-state index is 12.5. The molecule has 0 bridgehead atoms. The number of nitrogens with one attached hydrogen (secondary N) is 1. The average molecular weight is 377 g/mol. The summed E-state index contributed by atoms with van der Waals surface area (Å²) in [4.78, 5) is 17.3. The summed E-state index contributed by atoms with van der Waals surface area (Å²) in [6, 6.07) is 14.4. The van der Waals surface area contributed by atoms with Gasteiger partial charge in [-0.05, 0) is 43.8 Å². The highest BCUT2D eigenvalue weighted by atomic mass is 16.1. The molecule has 6 heteroatoms. The van der Waals surface area contributed by atoms with Gasteiger partial charge in [0, 0.05) is 43.6 Å². The van der Waals surface area contributed by atoms with Crippen LogP contribution in [0, 0.1) is 0 Å². The second-order valence-electron chi connectivity index (χ2n) is 7.55. The molecule has 2 aromatic heterocycles. The number of hydrogen-bond acceptors (Lipinski definition) is 4. The van der Waals surface area contributed by atoms with Crippen molar-refractivity contribution in [2.45, 2.75) is 19.4 Å². The zero-order chi connectivity index (χ0) is 19.5. The summed E-state index contributed by atoms with van der Waals surface area (Å²) >= 11 is 0. The van der Waals surface area contributed by atoms with Gasteiger partial charge in [0.05, 0.1) is 24.2 Å². The van der Waals surface area contributed by atoms with Gasteiger partial charge in [-0.3, -0.25) is 4.79 Å². The largest absolute Gasteiger partial charge is 0.369 e. The first-order valence-corrected chi connectivity index (χ1v) is 9.84. The summed E-state index contributed by atoms with van der Waals surface area (Å²) < 4.78 is 1.79. The van der Waals surface area contributed by atoms with Gasteiger partial charge < -0.3 is 15.1 Å². The van der Waals surface area contributed by atoms with Crippen LogP contribution in [0.25, 0.3) is 5.52 Å². The van der Waals surface area contributed by atoms with Gasteiger partial charge >= 0.3 is 0 Å². The Morgan fingerprint density at radius 3 is 2.61 bits per heavy atom. The number of carbonyl (C=O) groups excluding carboxylic acids is 1. The lowest BCUT2D eigenvalue weighted by atomic mass is 10.1. The topological polar surface area (TPSA) is 52.9 Å². The van der Waals surface area contributed by atoms with Gasteiger partial charge in [-0.25, -0.2) is 4.52 Å². The van der Waals surface area contributed by atoms with Gasteiger partial charge in [-0.1, -0.05) is 18.2 Å². The van der Waals surface area contributed by atoms with E-state index in [0.717, 1.165) is 42.8 Å². The zero-order valence-corrected chi connectivity index (χ0v) is 16.5. The molecule has 1 fully saturated rings. The Labute approximate surface area is 165 Å². The minimum Gasteiger partial charge on any atom is -0.369 e. The molecule has 28 heavy (non-hydrogen) atoms. The Hall–Kier alpha value is -2.86. The molecule has 6 nitrogen and oxygen atoms in total. The third-order valence-corrected chi connectivity index (χ3v) is 5.50. The molecular weight excluding hydrogens is 350 g/mol. The predicted molar refractivity (Wildman–Crippen MR) is 112 cm³/mol. The quantitative estimate of drug-likeness (QED) is 0.742. The van der Waals surface area contributed by atoms with Crippen molar-refractivity contribution in [2.75, 3.05) is 38.1 Å². The van der Waals surface area contributed by atoms with Crippen molar-refractivity contribution in [3.8, 4) is 0 Å². The van der Waals surface area contributed by atoms with Crippen molar-refractivity contribution < 1.29 is 4.79 Å². The molecule has 0 aliphatic carbocycles. The Kier molecular flexibility index (Phi) is 5.30. The van der Waals surface area contributed by atoms with E-state index in [2.05, 4.69) is 51.5 Å². The van der Waals surface area contributed by atoms with E-state index >= 15 is 0 Å². The molecule has 1 saturated heterocycles. The number of rotatable bonds is 5. The number of anilines is 1. The van der Waals surface area contributed by atoms with Crippen molar-refractivity contribution in [3.63, 3.8) is 0 Å². The molecule has 1 aliphatic rings. The number of amides is 1. The average Bonchev–Trinajstić information content (AvgIpc) is 3.11. The molecule has 1 atom stereocenters. The minimum absolute atomic E-state index is 0.00870. The van der Waals surface area contributed by atoms with Crippen LogP contribution in [0.15, 0.2) is 54.9 Å². The van der Waals surface area contributed by atoms with Gasteiger partial charge in [-0.15, -0.1) is 0 Å². The van der Waals surface area contributed by atoms with E-state index in [1.165, 1.54) is 5.69 Å². The Bertz CT molecular complexity index is 941. The number of nitrogens with zero attached hydrogens (tertiary/aromatic N) is 4. The fourth-order valence-electron chi connectivity index (χ4n) is 3.71. The summed E-state index contributed by atoms with van der Waals surface area (Å²) in [5.74, 6) is 0.00870. The highest BCUT2D eigenvalue weighted by molar-refractivity contribution is 5.81. The number of fused-ring (bicyclic) bond motifs is 1. The van der Waals surface area contributed by atoms with Crippen LogP contribution in [-0.2, 0) is 11.2 Å². The SMILES string of the molecule is CC(NC(=O)Cc1cnn2ccccc12)c1ccc(N2CCN(C)CC2)cc1. The first kappa shape index (κ1) is 18.5. The third-order valence-electron chi connectivity index (χ3n) is 5.50. The minimum atomic E-state index is -0.0316. The van der Waals surface area contributed by atoms with Crippen LogP contribution < -0.4 is 10.2 Å². The van der Waals surface area contributed by atoms with E-state index in [4.69, 9.17) is 0 Å². The van der Waals surface area contributed by atoms with Gasteiger partial charge in [0.15, 0.2) is 0 Å². The van der Waals surface area contributed by atoms with E-state index < -0.39 is 0 Å². The maximum Gasteiger partial charge on any atom is 0.225 e. The number of carbonyl (C=O) groups is 1. The summed E-state index contributed by atoms with van der Waals surface area (Å²) in [6.45, 7) is 6.33. The smallest absolute Gasteiger partial charge is 0.225 e. The van der Waals surface area contributed by atoms with Crippen LogP contribution in [0.4, 0.5) is 5.69 Å².